The quantitative estimate of drug-likeness (QED) is 0.718. The van der Waals surface area contributed by atoms with Gasteiger partial charge in [-0.05, 0) is 6.92 Å². The van der Waals surface area contributed by atoms with E-state index in [1.54, 1.807) is 6.92 Å². The van der Waals surface area contributed by atoms with E-state index in [1.165, 1.54) is 19.5 Å². The second-order valence-electron chi connectivity index (χ2n) is 2.96. The van der Waals surface area contributed by atoms with E-state index in [4.69, 9.17) is 15.2 Å². The first-order valence-electron chi connectivity index (χ1n) is 4.41. The molecule has 1 aromatic heterocycles. The molecule has 0 aliphatic carbocycles. The van der Waals surface area contributed by atoms with Crippen molar-refractivity contribution in [1.29, 1.82) is 0 Å². The van der Waals surface area contributed by atoms with E-state index in [0.717, 1.165) is 0 Å². The molecule has 0 aliphatic heterocycles. The van der Waals surface area contributed by atoms with Crippen LogP contribution in [0, 0.1) is 0 Å². The standard InChI is InChI=1S/C9H13N3O3/c1-6(5-14-2)15-9(13)7-8(10)12-4-3-11-7/h3-4,6H,5H2,1-2H3,(H2,10,12). The van der Waals surface area contributed by atoms with Crippen LogP contribution in [-0.2, 0) is 9.47 Å². The number of hydrogen-bond donors (Lipinski definition) is 1. The van der Waals surface area contributed by atoms with Gasteiger partial charge in [-0.25, -0.2) is 14.8 Å². The number of ether oxygens (including phenoxy) is 2. The van der Waals surface area contributed by atoms with Gasteiger partial charge in [-0.2, -0.15) is 0 Å². The summed E-state index contributed by atoms with van der Waals surface area (Å²) in [6.07, 6.45) is 2.45. The van der Waals surface area contributed by atoms with Gasteiger partial charge >= 0.3 is 5.97 Å². The third-order valence-electron chi connectivity index (χ3n) is 1.63. The first kappa shape index (κ1) is 11.4. The number of esters is 1. The molecule has 1 unspecified atom stereocenters. The van der Waals surface area contributed by atoms with Crippen LogP contribution in [0.15, 0.2) is 12.4 Å². The predicted molar refractivity (Wildman–Crippen MR) is 53.2 cm³/mol. The van der Waals surface area contributed by atoms with Crippen molar-refractivity contribution in [3.05, 3.63) is 18.1 Å². The number of nitrogens with two attached hydrogens (primary N) is 1. The van der Waals surface area contributed by atoms with Gasteiger partial charge in [0.15, 0.2) is 11.5 Å². The lowest BCUT2D eigenvalue weighted by molar-refractivity contribution is 0.0115. The Morgan fingerprint density at radius 2 is 2.20 bits per heavy atom. The molecule has 0 aromatic carbocycles. The van der Waals surface area contributed by atoms with Crippen LogP contribution < -0.4 is 5.73 Å². The molecule has 1 rings (SSSR count). The number of rotatable bonds is 4. The van der Waals surface area contributed by atoms with Crippen LogP contribution in [0.1, 0.15) is 17.4 Å². The average Bonchev–Trinajstić information content (AvgIpc) is 2.18. The summed E-state index contributed by atoms with van der Waals surface area (Å²) in [7, 11) is 1.53. The molecule has 6 nitrogen and oxygen atoms in total. The lowest BCUT2D eigenvalue weighted by Gasteiger charge is -2.11. The molecule has 15 heavy (non-hydrogen) atoms. The first-order chi connectivity index (χ1) is 7.15. The molecule has 1 aromatic rings. The van der Waals surface area contributed by atoms with Gasteiger partial charge in [-0.3, -0.25) is 0 Å². The highest BCUT2D eigenvalue weighted by Crippen LogP contribution is 2.06. The molecule has 1 atom stereocenters. The van der Waals surface area contributed by atoms with E-state index in [9.17, 15) is 4.79 Å². The normalized spacial score (nSPS) is 12.1. The summed E-state index contributed by atoms with van der Waals surface area (Å²) in [5, 5.41) is 0. The molecule has 0 amide bonds. The van der Waals surface area contributed by atoms with Crippen LogP contribution in [0.25, 0.3) is 0 Å². The summed E-state index contributed by atoms with van der Waals surface area (Å²) >= 11 is 0. The second-order valence-corrected chi connectivity index (χ2v) is 2.96. The summed E-state index contributed by atoms with van der Waals surface area (Å²) < 4.78 is 9.84. The number of carbonyl (C=O) groups is 1. The molecule has 82 valence electrons. The van der Waals surface area contributed by atoms with Crippen molar-refractivity contribution in [2.24, 2.45) is 0 Å². The first-order valence-corrected chi connectivity index (χ1v) is 4.41. The van der Waals surface area contributed by atoms with E-state index >= 15 is 0 Å². The minimum Gasteiger partial charge on any atom is -0.455 e. The van der Waals surface area contributed by atoms with Crippen molar-refractivity contribution in [1.82, 2.24) is 9.97 Å². The number of nitrogens with zero attached hydrogens (tertiary/aromatic N) is 2. The molecule has 0 saturated heterocycles. The second kappa shape index (κ2) is 5.26. The van der Waals surface area contributed by atoms with Crippen molar-refractivity contribution in [2.45, 2.75) is 13.0 Å². The van der Waals surface area contributed by atoms with Gasteiger partial charge in [0.1, 0.15) is 6.10 Å². The van der Waals surface area contributed by atoms with Gasteiger partial charge in [0.05, 0.1) is 6.61 Å². The van der Waals surface area contributed by atoms with Crippen LogP contribution in [0.3, 0.4) is 0 Å². The molecule has 0 aliphatic rings. The summed E-state index contributed by atoms with van der Waals surface area (Å²) in [6.45, 7) is 2.04. The average molecular weight is 211 g/mol. The zero-order valence-electron chi connectivity index (χ0n) is 8.64. The Kier molecular flexibility index (Phi) is 3.99. The van der Waals surface area contributed by atoms with E-state index in [1.807, 2.05) is 0 Å². The zero-order valence-corrected chi connectivity index (χ0v) is 8.64. The molecule has 0 fully saturated rings. The van der Waals surface area contributed by atoms with Gasteiger partial charge < -0.3 is 15.2 Å². The fourth-order valence-electron chi connectivity index (χ4n) is 1.01. The molecule has 6 heteroatoms. The lowest BCUT2D eigenvalue weighted by Crippen LogP contribution is -2.21. The third-order valence-corrected chi connectivity index (χ3v) is 1.63. The van der Waals surface area contributed by atoms with E-state index in [2.05, 4.69) is 9.97 Å². The lowest BCUT2D eigenvalue weighted by atomic mass is 10.4. The van der Waals surface area contributed by atoms with E-state index in [-0.39, 0.29) is 17.6 Å². The molecule has 0 saturated carbocycles. The van der Waals surface area contributed by atoms with Crippen LogP contribution >= 0.6 is 0 Å². The summed E-state index contributed by atoms with van der Waals surface area (Å²) in [5.41, 5.74) is 5.49. The van der Waals surface area contributed by atoms with Gasteiger partial charge in [-0.1, -0.05) is 0 Å². The molecular weight excluding hydrogens is 198 g/mol. The summed E-state index contributed by atoms with van der Waals surface area (Å²) in [4.78, 5) is 19.0. The van der Waals surface area contributed by atoms with E-state index < -0.39 is 5.97 Å². The number of aromatic nitrogens is 2. The van der Waals surface area contributed by atoms with Crippen molar-refractivity contribution in [3.63, 3.8) is 0 Å². The van der Waals surface area contributed by atoms with Crippen molar-refractivity contribution >= 4 is 11.8 Å². The minimum absolute atomic E-state index is 0.0282. The molecule has 2 N–H and O–H groups in total. The summed E-state index contributed by atoms with van der Waals surface area (Å²) in [5.74, 6) is -0.530. The van der Waals surface area contributed by atoms with Crippen LogP contribution in [0.4, 0.5) is 5.82 Å². The monoisotopic (exact) mass is 211 g/mol. The van der Waals surface area contributed by atoms with Gasteiger partial charge in [0, 0.05) is 19.5 Å². The Morgan fingerprint density at radius 1 is 1.53 bits per heavy atom. The Hall–Kier alpha value is -1.69. The van der Waals surface area contributed by atoms with Crippen molar-refractivity contribution in [3.8, 4) is 0 Å². The third kappa shape index (κ3) is 3.17. The fourth-order valence-corrected chi connectivity index (χ4v) is 1.01. The SMILES string of the molecule is COCC(C)OC(=O)c1nccnc1N. The number of anilines is 1. The van der Waals surface area contributed by atoms with Crippen molar-refractivity contribution < 1.29 is 14.3 Å². The Balaban J connectivity index is 2.65. The maximum absolute atomic E-state index is 11.5. The maximum Gasteiger partial charge on any atom is 0.361 e. The Bertz CT molecular complexity index is 343. The molecule has 0 spiro atoms. The highest BCUT2D eigenvalue weighted by Gasteiger charge is 2.16. The zero-order chi connectivity index (χ0) is 11.3. The van der Waals surface area contributed by atoms with E-state index in [0.29, 0.717) is 6.61 Å². The van der Waals surface area contributed by atoms with Gasteiger partial charge in [0.2, 0.25) is 0 Å². The van der Waals surface area contributed by atoms with Gasteiger partial charge in [-0.15, -0.1) is 0 Å². The number of hydrogen-bond acceptors (Lipinski definition) is 6. The van der Waals surface area contributed by atoms with Crippen molar-refractivity contribution in [2.75, 3.05) is 19.5 Å². The molecule has 0 radical (unpaired) electrons. The maximum atomic E-state index is 11.5. The highest BCUT2D eigenvalue weighted by atomic mass is 16.6. The molecule has 1 heterocycles. The van der Waals surface area contributed by atoms with Crippen LogP contribution in [0.5, 0.6) is 0 Å². The smallest absolute Gasteiger partial charge is 0.361 e. The number of carbonyl (C=O) groups excluding carboxylic acids is 1. The minimum atomic E-state index is -0.592. The Labute approximate surface area is 87.4 Å². The topological polar surface area (TPSA) is 87.3 Å². The number of methoxy groups -OCH3 is 1. The van der Waals surface area contributed by atoms with Crippen LogP contribution in [-0.4, -0.2) is 35.8 Å². The fraction of sp³-hybridized carbons (Fsp3) is 0.444. The predicted octanol–water partition coefficient (Wildman–Crippen LogP) is 0.251. The Morgan fingerprint density at radius 3 is 2.80 bits per heavy atom. The van der Waals surface area contributed by atoms with Gasteiger partial charge in [0.25, 0.3) is 0 Å². The number of nitrogen functional groups attached to an aromatic ring is 1. The molecule has 0 bridgehead atoms. The molecular formula is C9H13N3O3. The highest BCUT2D eigenvalue weighted by molar-refractivity contribution is 5.91. The van der Waals surface area contributed by atoms with Crippen LogP contribution in [0.2, 0.25) is 0 Å². The summed E-state index contributed by atoms with van der Waals surface area (Å²) in [6, 6.07) is 0. The largest absolute Gasteiger partial charge is 0.455 e.